The summed E-state index contributed by atoms with van der Waals surface area (Å²) >= 11 is 0. The Hall–Kier alpha value is -1.36. The van der Waals surface area contributed by atoms with Crippen LogP contribution in [0.2, 0.25) is 0 Å². The Kier molecular flexibility index (Phi) is 1.85. The molecule has 0 saturated carbocycles. The molecule has 0 spiro atoms. The molecule has 1 aromatic heterocycles. The van der Waals surface area contributed by atoms with Gasteiger partial charge >= 0.3 is 0 Å². The highest BCUT2D eigenvalue weighted by Gasteiger charge is 2.08. The van der Waals surface area contributed by atoms with Gasteiger partial charge in [0.25, 0.3) is 0 Å². The third kappa shape index (κ3) is 1.39. The first-order valence-electron chi connectivity index (χ1n) is 4.10. The zero-order valence-corrected chi connectivity index (χ0v) is 8.75. The maximum Gasteiger partial charge on any atom is 0.175 e. The number of benzene rings is 1. The summed E-state index contributed by atoms with van der Waals surface area (Å²) in [6.07, 6.45) is 2.91. The lowest BCUT2D eigenvalue weighted by molar-refractivity contribution is 0.602. The van der Waals surface area contributed by atoms with Gasteiger partial charge in [-0.1, -0.05) is 0 Å². The van der Waals surface area contributed by atoms with Gasteiger partial charge in [0.2, 0.25) is 0 Å². The summed E-state index contributed by atoms with van der Waals surface area (Å²) in [4.78, 5) is 0.327. The molecule has 0 aliphatic rings. The quantitative estimate of drug-likeness (QED) is 0.705. The van der Waals surface area contributed by atoms with E-state index in [1.165, 1.54) is 6.26 Å². The zero-order valence-electron chi connectivity index (χ0n) is 7.93. The van der Waals surface area contributed by atoms with Crippen LogP contribution in [0.1, 0.15) is 0 Å². The first kappa shape index (κ1) is 9.21. The van der Waals surface area contributed by atoms with Gasteiger partial charge in [-0.25, -0.2) is 8.42 Å². The lowest BCUT2D eigenvalue weighted by atomic mass is 10.3. The molecular weight excluding hydrogens is 200 g/mol. The van der Waals surface area contributed by atoms with Crippen molar-refractivity contribution < 1.29 is 8.42 Å². The van der Waals surface area contributed by atoms with Crippen LogP contribution in [-0.4, -0.2) is 24.5 Å². The Labute approximate surface area is 82.1 Å². The molecule has 0 bridgehead atoms. The second-order valence-corrected chi connectivity index (χ2v) is 5.28. The minimum absolute atomic E-state index is 0.327. The van der Waals surface area contributed by atoms with Crippen molar-refractivity contribution in [3.8, 4) is 0 Å². The molecule has 0 fully saturated rings. The van der Waals surface area contributed by atoms with Gasteiger partial charge in [-0.15, -0.1) is 0 Å². The number of sulfone groups is 1. The Morgan fingerprint density at radius 3 is 2.71 bits per heavy atom. The van der Waals surface area contributed by atoms with E-state index in [-0.39, 0.29) is 0 Å². The summed E-state index contributed by atoms with van der Waals surface area (Å²) in [6, 6.07) is 5.00. The molecule has 5 heteroatoms. The van der Waals surface area contributed by atoms with Gasteiger partial charge in [0.05, 0.1) is 16.6 Å². The van der Waals surface area contributed by atoms with E-state index in [9.17, 15) is 8.42 Å². The third-order valence-corrected chi connectivity index (χ3v) is 3.26. The summed E-state index contributed by atoms with van der Waals surface area (Å²) in [7, 11) is -1.34. The van der Waals surface area contributed by atoms with Gasteiger partial charge in [-0.05, 0) is 18.2 Å². The standard InChI is InChI=1S/C9H10N2O2S/c1-11-9-5-8(14(2,12)13)4-3-7(9)6-10-11/h3-6H,1-2H3. The average molecular weight is 210 g/mol. The molecule has 0 N–H and O–H groups in total. The summed E-state index contributed by atoms with van der Waals surface area (Å²) < 4.78 is 24.2. The molecule has 14 heavy (non-hydrogen) atoms. The van der Waals surface area contributed by atoms with E-state index in [4.69, 9.17) is 0 Å². The molecule has 2 aromatic rings. The molecule has 0 atom stereocenters. The Morgan fingerprint density at radius 2 is 2.07 bits per heavy atom. The van der Waals surface area contributed by atoms with Crippen LogP contribution < -0.4 is 0 Å². The number of aromatic nitrogens is 2. The number of nitrogens with zero attached hydrogens (tertiary/aromatic N) is 2. The van der Waals surface area contributed by atoms with Crippen LogP contribution in [0.4, 0.5) is 0 Å². The number of fused-ring (bicyclic) bond motifs is 1. The molecule has 2 rings (SSSR count). The smallest absolute Gasteiger partial charge is 0.175 e. The molecule has 74 valence electrons. The normalized spacial score (nSPS) is 12.1. The highest BCUT2D eigenvalue weighted by Crippen LogP contribution is 2.17. The van der Waals surface area contributed by atoms with Gasteiger partial charge in [0, 0.05) is 18.7 Å². The van der Waals surface area contributed by atoms with E-state index in [2.05, 4.69) is 5.10 Å². The summed E-state index contributed by atoms with van der Waals surface area (Å²) in [6.45, 7) is 0. The maximum atomic E-state index is 11.3. The van der Waals surface area contributed by atoms with Crippen LogP contribution in [0.5, 0.6) is 0 Å². The fourth-order valence-electron chi connectivity index (χ4n) is 1.35. The minimum Gasteiger partial charge on any atom is -0.268 e. The van der Waals surface area contributed by atoms with Crippen LogP contribution in [0.25, 0.3) is 10.9 Å². The zero-order chi connectivity index (χ0) is 10.3. The van der Waals surface area contributed by atoms with Crippen LogP contribution in [-0.2, 0) is 16.9 Å². The number of hydrogen-bond donors (Lipinski definition) is 0. The molecule has 0 aliphatic heterocycles. The van der Waals surface area contributed by atoms with Gasteiger partial charge in [-0.3, -0.25) is 4.68 Å². The maximum absolute atomic E-state index is 11.3. The molecule has 0 unspecified atom stereocenters. The van der Waals surface area contributed by atoms with Crippen molar-refractivity contribution in [3.05, 3.63) is 24.4 Å². The fourth-order valence-corrected chi connectivity index (χ4v) is 2.00. The van der Waals surface area contributed by atoms with E-state index in [1.807, 2.05) is 0 Å². The van der Waals surface area contributed by atoms with Gasteiger partial charge in [-0.2, -0.15) is 5.10 Å². The highest BCUT2D eigenvalue weighted by molar-refractivity contribution is 7.90. The van der Waals surface area contributed by atoms with Crippen LogP contribution in [0.15, 0.2) is 29.3 Å². The van der Waals surface area contributed by atoms with E-state index >= 15 is 0 Å². The first-order chi connectivity index (χ1) is 6.48. The van der Waals surface area contributed by atoms with E-state index in [0.717, 1.165) is 10.9 Å². The Bertz CT molecular complexity index is 584. The summed E-state index contributed by atoms with van der Waals surface area (Å²) in [5.74, 6) is 0. The average Bonchev–Trinajstić information content (AvgIpc) is 2.46. The van der Waals surface area contributed by atoms with Crippen molar-refractivity contribution in [3.63, 3.8) is 0 Å². The van der Waals surface area contributed by atoms with Gasteiger partial charge < -0.3 is 0 Å². The van der Waals surface area contributed by atoms with E-state index in [0.29, 0.717) is 4.90 Å². The first-order valence-corrected chi connectivity index (χ1v) is 5.99. The topological polar surface area (TPSA) is 52.0 Å². The van der Waals surface area contributed by atoms with Gasteiger partial charge in [0.1, 0.15) is 0 Å². The van der Waals surface area contributed by atoms with Crippen molar-refractivity contribution in [1.82, 2.24) is 9.78 Å². The second kappa shape index (κ2) is 2.81. The lowest BCUT2D eigenvalue weighted by Gasteiger charge is -1.99. The van der Waals surface area contributed by atoms with Crippen molar-refractivity contribution in [2.45, 2.75) is 4.90 Å². The van der Waals surface area contributed by atoms with Crippen molar-refractivity contribution in [2.75, 3.05) is 6.26 Å². The predicted molar refractivity (Wildman–Crippen MR) is 53.8 cm³/mol. The Balaban J connectivity index is 2.79. The molecule has 1 heterocycles. The Morgan fingerprint density at radius 1 is 1.36 bits per heavy atom. The van der Waals surface area contributed by atoms with Gasteiger partial charge in [0.15, 0.2) is 9.84 Å². The SMILES string of the molecule is Cn1ncc2ccc(S(C)(=O)=O)cc21. The predicted octanol–water partition coefficient (Wildman–Crippen LogP) is 0.977. The molecule has 0 radical (unpaired) electrons. The van der Waals surface area contributed by atoms with Crippen molar-refractivity contribution >= 4 is 20.7 Å². The highest BCUT2D eigenvalue weighted by atomic mass is 32.2. The molecule has 0 aliphatic carbocycles. The monoisotopic (exact) mass is 210 g/mol. The third-order valence-electron chi connectivity index (χ3n) is 2.15. The second-order valence-electron chi connectivity index (χ2n) is 3.26. The summed E-state index contributed by atoms with van der Waals surface area (Å²) in [5.41, 5.74) is 0.827. The summed E-state index contributed by atoms with van der Waals surface area (Å²) in [5, 5.41) is 4.99. The van der Waals surface area contributed by atoms with Crippen LogP contribution in [0.3, 0.4) is 0 Å². The molecule has 4 nitrogen and oxygen atoms in total. The molecule has 0 saturated heterocycles. The molecule has 0 amide bonds. The minimum atomic E-state index is -3.13. The van der Waals surface area contributed by atoms with E-state index in [1.54, 1.807) is 36.1 Å². The number of aryl methyl sites for hydroxylation is 1. The lowest BCUT2D eigenvalue weighted by Crippen LogP contribution is -1.97. The number of hydrogen-bond acceptors (Lipinski definition) is 3. The molecular formula is C9H10N2O2S. The largest absolute Gasteiger partial charge is 0.268 e. The van der Waals surface area contributed by atoms with Crippen LogP contribution >= 0.6 is 0 Å². The molecule has 1 aromatic carbocycles. The van der Waals surface area contributed by atoms with Crippen molar-refractivity contribution in [2.24, 2.45) is 7.05 Å². The van der Waals surface area contributed by atoms with E-state index < -0.39 is 9.84 Å². The van der Waals surface area contributed by atoms with Crippen LogP contribution in [0, 0.1) is 0 Å². The fraction of sp³-hybridized carbons (Fsp3) is 0.222. The number of rotatable bonds is 1. The van der Waals surface area contributed by atoms with Crippen molar-refractivity contribution in [1.29, 1.82) is 0 Å².